The lowest BCUT2D eigenvalue weighted by molar-refractivity contribution is -0.161. The highest BCUT2D eigenvalue weighted by molar-refractivity contribution is 8.01. The number of fused-ring (bicyclic) bond motifs is 1. The SMILES string of the molecule is CC1(C)SC2[C@H](NC(=O)C(N)c3cccc(O)c3)C(=O)N2C1C(=O)O. The zero-order valence-electron chi connectivity index (χ0n) is 13.7. The van der Waals surface area contributed by atoms with E-state index in [9.17, 15) is 24.6 Å². The van der Waals surface area contributed by atoms with Gasteiger partial charge >= 0.3 is 5.97 Å². The van der Waals surface area contributed by atoms with Crippen molar-refractivity contribution in [2.75, 3.05) is 0 Å². The second-order valence-corrected chi connectivity index (χ2v) is 8.43. The Kier molecular flexibility index (Phi) is 4.16. The largest absolute Gasteiger partial charge is 0.508 e. The van der Waals surface area contributed by atoms with Crippen LogP contribution in [0.25, 0.3) is 0 Å². The molecule has 0 aromatic heterocycles. The Bertz CT molecular complexity index is 753. The number of amides is 2. The number of carboxylic acid groups (broad SMARTS) is 1. The molecule has 2 fully saturated rings. The molecule has 2 aliphatic rings. The van der Waals surface area contributed by atoms with E-state index in [0.29, 0.717) is 5.56 Å². The van der Waals surface area contributed by atoms with Gasteiger partial charge in [0, 0.05) is 4.75 Å². The van der Waals surface area contributed by atoms with E-state index in [1.54, 1.807) is 26.0 Å². The summed E-state index contributed by atoms with van der Waals surface area (Å²) in [6.45, 7) is 3.53. The fraction of sp³-hybridized carbons (Fsp3) is 0.438. The van der Waals surface area contributed by atoms with Crippen LogP contribution in [0.4, 0.5) is 0 Å². The summed E-state index contributed by atoms with van der Waals surface area (Å²) in [5.74, 6) is -2.05. The molecule has 4 atom stereocenters. The molecule has 3 rings (SSSR count). The number of nitrogens with two attached hydrogens (primary N) is 1. The Hall–Kier alpha value is -2.26. The summed E-state index contributed by atoms with van der Waals surface area (Å²) >= 11 is 1.35. The fourth-order valence-corrected chi connectivity index (χ4v) is 4.88. The predicted molar refractivity (Wildman–Crippen MR) is 90.7 cm³/mol. The van der Waals surface area contributed by atoms with Gasteiger partial charge in [-0.3, -0.25) is 9.59 Å². The zero-order valence-corrected chi connectivity index (χ0v) is 14.5. The number of aliphatic carboxylic acids is 1. The number of phenols is 1. The number of carbonyl (C=O) groups excluding carboxylic acids is 2. The number of carbonyl (C=O) groups is 3. The second-order valence-electron chi connectivity index (χ2n) is 6.66. The van der Waals surface area contributed by atoms with Crippen LogP contribution in [0.1, 0.15) is 25.5 Å². The maximum absolute atomic E-state index is 12.4. The Morgan fingerprint density at radius 2 is 2.08 bits per heavy atom. The fourth-order valence-electron chi connectivity index (χ4n) is 3.26. The van der Waals surface area contributed by atoms with Crippen LogP contribution in [0.2, 0.25) is 0 Å². The Morgan fingerprint density at radius 3 is 2.68 bits per heavy atom. The van der Waals surface area contributed by atoms with E-state index in [4.69, 9.17) is 5.73 Å². The smallest absolute Gasteiger partial charge is 0.327 e. The van der Waals surface area contributed by atoms with Gasteiger partial charge in [-0.05, 0) is 31.5 Å². The molecule has 9 heteroatoms. The Morgan fingerprint density at radius 1 is 1.40 bits per heavy atom. The summed E-state index contributed by atoms with van der Waals surface area (Å²) in [6.07, 6.45) is 0. The van der Waals surface area contributed by atoms with Gasteiger partial charge < -0.3 is 26.2 Å². The molecule has 0 spiro atoms. The van der Waals surface area contributed by atoms with Crippen molar-refractivity contribution in [1.29, 1.82) is 0 Å². The molecule has 25 heavy (non-hydrogen) atoms. The number of aromatic hydroxyl groups is 1. The van der Waals surface area contributed by atoms with Crippen molar-refractivity contribution in [3.8, 4) is 5.75 Å². The van der Waals surface area contributed by atoms with Crippen molar-refractivity contribution in [3.63, 3.8) is 0 Å². The number of carboxylic acids is 1. The van der Waals surface area contributed by atoms with Gasteiger partial charge in [0.25, 0.3) is 0 Å². The van der Waals surface area contributed by atoms with Gasteiger partial charge in [-0.15, -0.1) is 11.8 Å². The molecule has 5 N–H and O–H groups in total. The third-order valence-corrected chi connectivity index (χ3v) is 6.06. The van der Waals surface area contributed by atoms with E-state index >= 15 is 0 Å². The number of rotatable bonds is 4. The number of phenolic OH excluding ortho intramolecular Hbond substituents is 1. The summed E-state index contributed by atoms with van der Waals surface area (Å²) in [5.41, 5.74) is 6.32. The van der Waals surface area contributed by atoms with Crippen molar-refractivity contribution in [2.45, 2.75) is 42.1 Å². The minimum absolute atomic E-state index is 0.0101. The lowest BCUT2D eigenvalue weighted by atomic mass is 9.95. The first-order chi connectivity index (χ1) is 11.6. The average molecular weight is 365 g/mol. The van der Waals surface area contributed by atoms with Gasteiger partial charge in [0.2, 0.25) is 11.8 Å². The average Bonchev–Trinajstić information content (AvgIpc) is 2.80. The monoisotopic (exact) mass is 365 g/mol. The van der Waals surface area contributed by atoms with Crippen LogP contribution in [0, 0.1) is 0 Å². The van der Waals surface area contributed by atoms with Crippen LogP contribution >= 0.6 is 11.8 Å². The highest BCUT2D eigenvalue weighted by Crippen LogP contribution is 2.50. The van der Waals surface area contributed by atoms with Crippen LogP contribution in [-0.4, -0.2) is 55.1 Å². The maximum atomic E-state index is 12.4. The first kappa shape index (κ1) is 17.6. The third kappa shape index (κ3) is 2.83. The van der Waals surface area contributed by atoms with Crippen molar-refractivity contribution in [3.05, 3.63) is 29.8 Å². The quantitative estimate of drug-likeness (QED) is 0.553. The molecule has 3 unspecified atom stereocenters. The lowest BCUT2D eigenvalue weighted by Gasteiger charge is -2.43. The summed E-state index contributed by atoms with van der Waals surface area (Å²) in [5, 5.41) is 21.0. The van der Waals surface area contributed by atoms with Crippen molar-refractivity contribution >= 4 is 29.5 Å². The number of nitrogens with zero attached hydrogens (tertiary/aromatic N) is 1. The third-order valence-electron chi connectivity index (χ3n) is 4.48. The van der Waals surface area contributed by atoms with E-state index < -0.39 is 46.0 Å². The Balaban J connectivity index is 1.72. The van der Waals surface area contributed by atoms with Crippen LogP contribution in [-0.2, 0) is 14.4 Å². The van der Waals surface area contributed by atoms with Gasteiger partial charge in [-0.2, -0.15) is 0 Å². The maximum Gasteiger partial charge on any atom is 0.327 e. The van der Waals surface area contributed by atoms with Crippen LogP contribution in [0.5, 0.6) is 5.75 Å². The number of nitrogens with one attached hydrogen (secondary N) is 1. The van der Waals surface area contributed by atoms with E-state index in [1.807, 2.05) is 0 Å². The van der Waals surface area contributed by atoms with Crippen LogP contribution < -0.4 is 11.1 Å². The Labute approximate surface area is 148 Å². The van der Waals surface area contributed by atoms with Gasteiger partial charge in [-0.25, -0.2) is 4.79 Å². The number of hydrogen-bond donors (Lipinski definition) is 4. The molecule has 2 heterocycles. The molecule has 0 bridgehead atoms. The number of hydrogen-bond acceptors (Lipinski definition) is 6. The van der Waals surface area contributed by atoms with Gasteiger partial charge in [0.15, 0.2) is 0 Å². The molecule has 2 saturated heterocycles. The molecular weight excluding hydrogens is 346 g/mol. The topological polar surface area (TPSA) is 133 Å². The van der Waals surface area contributed by atoms with E-state index in [0.717, 1.165) is 0 Å². The summed E-state index contributed by atoms with van der Waals surface area (Å²) in [7, 11) is 0. The molecule has 134 valence electrons. The summed E-state index contributed by atoms with van der Waals surface area (Å²) in [6, 6.07) is 3.25. The molecule has 2 amide bonds. The van der Waals surface area contributed by atoms with E-state index in [-0.39, 0.29) is 5.75 Å². The number of β-lactam (4-membered cyclic amide) rings is 1. The molecule has 1 aromatic carbocycles. The number of thioether (sulfide) groups is 1. The van der Waals surface area contributed by atoms with Gasteiger partial charge in [0.1, 0.15) is 29.2 Å². The molecule has 0 saturated carbocycles. The predicted octanol–water partition coefficient (Wildman–Crippen LogP) is 0.0237. The van der Waals surface area contributed by atoms with E-state index in [2.05, 4.69) is 5.32 Å². The first-order valence-electron chi connectivity index (χ1n) is 7.71. The molecular formula is C16H19N3O5S. The minimum Gasteiger partial charge on any atom is -0.508 e. The van der Waals surface area contributed by atoms with Gasteiger partial charge in [-0.1, -0.05) is 12.1 Å². The highest BCUT2D eigenvalue weighted by Gasteiger charge is 2.64. The standard InChI is InChI=1S/C16H19N3O5S/c1-16(2)11(15(23)24)19-13(22)10(14(19)25-16)18-12(21)9(17)7-4-3-5-8(20)6-7/h3-6,9-11,14,20H,17H2,1-2H3,(H,18,21)(H,23,24)/t9?,10-,11?,14?/m1/s1. The first-order valence-corrected chi connectivity index (χ1v) is 8.59. The summed E-state index contributed by atoms with van der Waals surface area (Å²) in [4.78, 5) is 37.5. The van der Waals surface area contributed by atoms with Gasteiger partial charge in [0.05, 0.1) is 0 Å². The van der Waals surface area contributed by atoms with Crippen LogP contribution in [0.15, 0.2) is 24.3 Å². The number of benzene rings is 1. The molecule has 0 radical (unpaired) electrons. The van der Waals surface area contributed by atoms with Crippen LogP contribution in [0.3, 0.4) is 0 Å². The lowest BCUT2D eigenvalue weighted by Crippen LogP contribution is -2.71. The minimum atomic E-state index is -1.06. The van der Waals surface area contributed by atoms with E-state index in [1.165, 1.54) is 28.8 Å². The zero-order chi connectivity index (χ0) is 18.5. The highest BCUT2D eigenvalue weighted by atomic mass is 32.2. The normalized spacial score (nSPS) is 28.0. The molecule has 0 aliphatic carbocycles. The summed E-state index contributed by atoms with van der Waals surface area (Å²) < 4.78 is -0.654. The van der Waals surface area contributed by atoms with Crippen molar-refractivity contribution < 1.29 is 24.6 Å². The second kappa shape index (κ2) is 5.92. The molecule has 1 aromatic rings. The molecule has 2 aliphatic heterocycles. The molecule has 8 nitrogen and oxygen atoms in total. The van der Waals surface area contributed by atoms with Crippen molar-refractivity contribution in [2.24, 2.45) is 5.73 Å². The van der Waals surface area contributed by atoms with Crippen molar-refractivity contribution in [1.82, 2.24) is 10.2 Å².